The van der Waals surface area contributed by atoms with Crippen LogP contribution in [-0.2, 0) is 9.59 Å². The fourth-order valence-electron chi connectivity index (χ4n) is 2.97. The summed E-state index contributed by atoms with van der Waals surface area (Å²) < 4.78 is 2.58. The molecule has 0 unspecified atom stereocenters. The van der Waals surface area contributed by atoms with Crippen LogP contribution in [0.5, 0.6) is 0 Å². The summed E-state index contributed by atoms with van der Waals surface area (Å²) in [5.74, 6) is -0.438. The minimum absolute atomic E-state index is 0.120. The maximum atomic E-state index is 12.5. The quantitative estimate of drug-likeness (QED) is 0.419. The molecule has 3 N–H and O–H groups in total. The Labute approximate surface area is 202 Å². The number of nitrogens with one attached hydrogen (secondary N) is 3. The van der Waals surface area contributed by atoms with Crippen LogP contribution in [0.3, 0.4) is 0 Å². The van der Waals surface area contributed by atoms with Gasteiger partial charge < -0.3 is 16.0 Å². The molecule has 0 saturated heterocycles. The lowest BCUT2D eigenvalue weighted by molar-refractivity contribution is -0.124. The molecule has 0 aliphatic rings. The molecule has 35 heavy (non-hydrogen) atoms. The Morgan fingerprint density at radius 3 is 2.31 bits per heavy atom. The van der Waals surface area contributed by atoms with E-state index < -0.39 is 22.9 Å². The number of benzene rings is 1. The molecule has 3 rings (SSSR count). The number of anilines is 1. The van der Waals surface area contributed by atoms with Crippen molar-refractivity contribution in [2.24, 2.45) is 5.41 Å². The highest BCUT2D eigenvalue weighted by Crippen LogP contribution is 2.17. The van der Waals surface area contributed by atoms with Gasteiger partial charge in [-0.25, -0.2) is 9.36 Å². The average molecular weight is 480 g/mol. The van der Waals surface area contributed by atoms with Crippen molar-refractivity contribution in [1.29, 1.82) is 0 Å². The molecule has 0 fully saturated rings. The first-order chi connectivity index (χ1) is 16.6. The van der Waals surface area contributed by atoms with Gasteiger partial charge in [-0.3, -0.25) is 19.2 Å². The number of aromatic nitrogens is 4. The number of nitrogens with zero attached hydrogens (tertiary/aromatic N) is 4. The van der Waals surface area contributed by atoms with Crippen molar-refractivity contribution < 1.29 is 14.4 Å². The van der Waals surface area contributed by atoms with Crippen LogP contribution in [0.15, 0.2) is 59.7 Å². The van der Waals surface area contributed by atoms with Crippen molar-refractivity contribution in [2.45, 2.75) is 33.7 Å². The molecule has 0 radical (unpaired) electrons. The minimum Gasteiger partial charge on any atom is -0.352 e. The molecule has 11 nitrogen and oxygen atoms in total. The predicted octanol–water partition coefficient (Wildman–Crippen LogP) is 1.52. The molecule has 3 aromatic rings. The van der Waals surface area contributed by atoms with Crippen molar-refractivity contribution in [2.75, 3.05) is 18.4 Å². The van der Waals surface area contributed by atoms with Crippen LogP contribution in [0.25, 0.3) is 5.82 Å². The normalized spacial score (nSPS) is 12.0. The van der Waals surface area contributed by atoms with Crippen molar-refractivity contribution in [1.82, 2.24) is 30.2 Å². The van der Waals surface area contributed by atoms with E-state index in [1.165, 1.54) is 16.8 Å². The molecule has 1 atom stereocenters. The first-order valence-electron chi connectivity index (χ1n) is 11.1. The van der Waals surface area contributed by atoms with Gasteiger partial charge in [0.05, 0.1) is 0 Å². The zero-order valence-electron chi connectivity index (χ0n) is 20.1. The highest BCUT2D eigenvalue weighted by molar-refractivity contribution is 5.97. The second kappa shape index (κ2) is 10.8. The minimum atomic E-state index is -0.857. The lowest BCUT2D eigenvalue weighted by Gasteiger charge is -2.17. The maximum Gasteiger partial charge on any atom is 0.267 e. The lowest BCUT2D eigenvalue weighted by atomic mass is 9.95. The van der Waals surface area contributed by atoms with Gasteiger partial charge >= 0.3 is 0 Å². The third-order valence-electron chi connectivity index (χ3n) is 5.09. The Bertz CT molecular complexity index is 1240. The first-order valence-corrected chi connectivity index (χ1v) is 11.1. The Kier molecular flexibility index (Phi) is 7.80. The Hall–Kier alpha value is -4.28. The second-order valence-corrected chi connectivity index (χ2v) is 8.93. The molecule has 0 saturated carbocycles. The van der Waals surface area contributed by atoms with E-state index in [1.807, 2.05) is 20.8 Å². The van der Waals surface area contributed by atoms with Crippen LogP contribution in [0.1, 0.15) is 44.1 Å². The highest BCUT2D eigenvalue weighted by Gasteiger charge is 2.21. The Morgan fingerprint density at radius 2 is 1.69 bits per heavy atom. The van der Waals surface area contributed by atoms with Gasteiger partial charge in [0.2, 0.25) is 11.8 Å². The van der Waals surface area contributed by atoms with E-state index in [1.54, 1.807) is 49.6 Å². The summed E-state index contributed by atoms with van der Waals surface area (Å²) in [5, 5.41) is 16.5. The van der Waals surface area contributed by atoms with Crippen LogP contribution in [-0.4, -0.2) is 50.4 Å². The van der Waals surface area contributed by atoms with Gasteiger partial charge in [0.25, 0.3) is 11.5 Å². The number of carbonyl (C=O) groups is 3. The van der Waals surface area contributed by atoms with E-state index in [0.717, 1.165) is 4.68 Å². The molecule has 1 aromatic carbocycles. The van der Waals surface area contributed by atoms with E-state index >= 15 is 0 Å². The molecule has 0 bridgehead atoms. The predicted molar refractivity (Wildman–Crippen MR) is 130 cm³/mol. The van der Waals surface area contributed by atoms with Gasteiger partial charge in [0.1, 0.15) is 6.04 Å². The number of carbonyl (C=O) groups excluding carboxylic acids is 3. The smallest absolute Gasteiger partial charge is 0.267 e. The summed E-state index contributed by atoms with van der Waals surface area (Å²) in [6.07, 6.45) is 3.26. The molecule has 0 spiro atoms. The third-order valence-corrected chi connectivity index (χ3v) is 5.09. The average Bonchev–Trinajstić information content (AvgIpc) is 3.36. The Morgan fingerprint density at radius 1 is 1.00 bits per heavy atom. The van der Waals surface area contributed by atoms with E-state index in [4.69, 9.17) is 0 Å². The van der Waals surface area contributed by atoms with Gasteiger partial charge in [-0.05, 0) is 43.3 Å². The summed E-state index contributed by atoms with van der Waals surface area (Å²) in [7, 11) is 0. The lowest BCUT2D eigenvalue weighted by Crippen LogP contribution is -2.40. The number of amides is 3. The highest BCUT2D eigenvalue weighted by atomic mass is 16.2. The summed E-state index contributed by atoms with van der Waals surface area (Å²) in [6.45, 7) is 7.37. The zero-order valence-corrected chi connectivity index (χ0v) is 20.1. The summed E-state index contributed by atoms with van der Waals surface area (Å²) >= 11 is 0. The van der Waals surface area contributed by atoms with Gasteiger partial charge in [-0.1, -0.05) is 20.8 Å². The fraction of sp³-hybridized carbons (Fsp3) is 0.333. The summed E-state index contributed by atoms with van der Waals surface area (Å²) in [6, 6.07) is 10.3. The molecular weight excluding hydrogens is 450 g/mol. The van der Waals surface area contributed by atoms with E-state index in [-0.39, 0.29) is 24.9 Å². The van der Waals surface area contributed by atoms with Crippen LogP contribution < -0.4 is 21.5 Å². The number of rotatable bonds is 8. The van der Waals surface area contributed by atoms with E-state index in [0.29, 0.717) is 17.1 Å². The SMILES string of the molecule is C[C@@H](C(=O)NCCNC(=O)c1ccc(NC(=O)C(C)(C)C)cc1)n1nc(-n2cccn2)ccc1=O. The molecule has 0 aliphatic heterocycles. The monoisotopic (exact) mass is 479 g/mol. The second-order valence-electron chi connectivity index (χ2n) is 8.93. The van der Waals surface area contributed by atoms with Crippen LogP contribution in [0.4, 0.5) is 5.69 Å². The summed E-state index contributed by atoms with van der Waals surface area (Å²) in [5.41, 5.74) is 0.0801. The van der Waals surface area contributed by atoms with Crippen molar-refractivity contribution in [3.05, 3.63) is 70.8 Å². The van der Waals surface area contributed by atoms with Gasteiger partial charge in [0.15, 0.2) is 5.82 Å². The molecule has 0 aliphatic carbocycles. The molecule has 2 aromatic heterocycles. The largest absolute Gasteiger partial charge is 0.352 e. The standard InChI is InChI=1S/C24H29N7O4/c1-16(31-20(32)11-10-19(29-31)30-15-5-12-27-30)21(33)25-13-14-26-22(34)17-6-8-18(9-7-17)28-23(35)24(2,3)4/h5-12,15-16H,13-14H2,1-4H3,(H,25,33)(H,26,34)(H,28,35)/t16-/m0/s1. The van der Waals surface area contributed by atoms with E-state index in [2.05, 4.69) is 26.1 Å². The van der Waals surface area contributed by atoms with Gasteiger partial charge in [-0.2, -0.15) is 5.10 Å². The molecule has 2 heterocycles. The molecule has 11 heteroatoms. The molecule has 184 valence electrons. The number of hydrogen-bond donors (Lipinski definition) is 3. The van der Waals surface area contributed by atoms with E-state index in [9.17, 15) is 19.2 Å². The first kappa shape index (κ1) is 25.3. The van der Waals surface area contributed by atoms with Crippen molar-refractivity contribution in [3.8, 4) is 5.82 Å². The van der Waals surface area contributed by atoms with Crippen LogP contribution >= 0.6 is 0 Å². The molecular formula is C24H29N7O4. The van der Waals surface area contributed by atoms with Gasteiger partial charge in [-0.15, -0.1) is 5.10 Å². The number of hydrogen-bond acceptors (Lipinski definition) is 6. The maximum absolute atomic E-state index is 12.5. The van der Waals surface area contributed by atoms with Crippen LogP contribution in [0, 0.1) is 5.41 Å². The molecule has 3 amide bonds. The van der Waals surface area contributed by atoms with Gasteiger partial charge in [0, 0.05) is 48.2 Å². The van der Waals surface area contributed by atoms with Crippen LogP contribution in [0.2, 0.25) is 0 Å². The van der Waals surface area contributed by atoms with Crippen molar-refractivity contribution >= 4 is 23.4 Å². The Balaban J connectivity index is 1.49. The topological polar surface area (TPSA) is 140 Å². The summed E-state index contributed by atoms with van der Waals surface area (Å²) in [4.78, 5) is 49.1. The zero-order chi connectivity index (χ0) is 25.6. The third kappa shape index (κ3) is 6.62. The van der Waals surface area contributed by atoms with Crippen molar-refractivity contribution in [3.63, 3.8) is 0 Å². The fourth-order valence-corrected chi connectivity index (χ4v) is 2.97.